The van der Waals surface area contributed by atoms with E-state index < -0.39 is 36.1 Å². The number of nitrogens with zero attached hydrogens (tertiary/aromatic N) is 3. The molecule has 314 valence electrons. The van der Waals surface area contributed by atoms with E-state index in [0.29, 0.717) is 19.5 Å². The fraction of sp³-hybridized carbons (Fsp3) is 0.553. The number of nitrogens with one attached hydrogen (secondary N) is 1. The summed E-state index contributed by atoms with van der Waals surface area (Å²) in [4.78, 5) is 63.0. The summed E-state index contributed by atoms with van der Waals surface area (Å²) in [7, 11) is 4.94. The summed E-state index contributed by atoms with van der Waals surface area (Å²) in [5.74, 6) is -2.13. The molecule has 0 saturated carbocycles. The third-order valence-corrected chi connectivity index (χ3v) is 12.6. The molecule has 3 amide bonds. The Morgan fingerprint density at radius 3 is 2.12 bits per heavy atom. The molecular weight excluding hydrogens is 733 g/mol. The summed E-state index contributed by atoms with van der Waals surface area (Å²) in [6, 6.07) is 19.6. The van der Waals surface area contributed by atoms with Crippen molar-refractivity contribution in [3.63, 3.8) is 0 Å². The number of pyridine rings is 1. The first-order valence-corrected chi connectivity index (χ1v) is 21.0. The number of esters is 1. The molecule has 2 aromatic carbocycles. The maximum absolute atomic E-state index is 14.4. The Kier molecular flexibility index (Phi) is 16.0. The Balaban J connectivity index is 1.22. The third-order valence-electron chi connectivity index (χ3n) is 12.6. The van der Waals surface area contributed by atoms with Crippen LogP contribution in [0, 0.1) is 23.7 Å². The molecular formula is C47H64N4O7. The van der Waals surface area contributed by atoms with Crippen LogP contribution in [0.25, 0.3) is 11.1 Å². The maximum Gasteiger partial charge on any atom is 0.306 e. The number of methoxy groups -OCH3 is 2. The molecule has 1 saturated heterocycles. The van der Waals surface area contributed by atoms with Crippen molar-refractivity contribution >= 4 is 23.7 Å². The quantitative estimate of drug-likeness (QED) is 0.126. The van der Waals surface area contributed by atoms with E-state index in [0.717, 1.165) is 47.1 Å². The highest BCUT2D eigenvalue weighted by Crippen LogP contribution is 2.44. The molecule has 0 spiro atoms. The lowest BCUT2D eigenvalue weighted by molar-refractivity contribution is -0.153. The summed E-state index contributed by atoms with van der Waals surface area (Å²) in [6.45, 7) is 11.1. The van der Waals surface area contributed by atoms with Gasteiger partial charge in [-0.05, 0) is 71.0 Å². The Hall–Kier alpha value is -4.61. The zero-order valence-corrected chi connectivity index (χ0v) is 35.7. The van der Waals surface area contributed by atoms with Crippen LogP contribution in [0.15, 0.2) is 73.1 Å². The molecule has 0 unspecified atom stereocenters. The highest BCUT2D eigenvalue weighted by Gasteiger charge is 2.43. The monoisotopic (exact) mass is 796 g/mol. The van der Waals surface area contributed by atoms with Crippen molar-refractivity contribution in [2.24, 2.45) is 23.7 Å². The molecule has 58 heavy (non-hydrogen) atoms. The predicted octanol–water partition coefficient (Wildman–Crippen LogP) is 6.68. The molecule has 7 atom stereocenters. The van der Waals surface area contributed by atoms with Crippen LogP contribution in [-0.2, 0) is 39.8 Å². The molecule has 5 rings (SSSR count). The number of benzene rings is 2. The van der Waals surface area contributed by atoms with E-state index in [1.807, 2.05) is 62.1 Å². The van der Waals surface area contributed by atoms with Gasteiger partial charge in [0.25, 0.3) is 0 Å². The van der Waals surface area contributed by atoms with Gasteiger partial charge < -0.3 is 29.3 Å². The summed E-state index contributed by atoms with van der Waals surface area (Å²) in [6.07, 6.45) is 5.33. The van der Waals surface area contributed by atoms with Gasteiger partial charge in [0.1, 0.15) is 6.61 Å². The molecule has 0 bridgehead atoms. The van der Waals surface area contributed by atoms with Gasteiger partial charge in [0.15, 0.2) is 0 Å². The van der Waals surface area contributed by atoms with Gasteiger partial charge in [-0.15, -0.1) is 0 Å². The van der Waals surface area contributed by atoms with Crippen molar-refractivity contribution in [1.82, 2.24) is 20.1 Å². The van der Waals surface area contributed by atoms with E-state index in [4.69, 9.17) is 14.2 Å². The van der Waals surface area contributed by atoms with Gasteiger partial charge in [-0.25, -0.2) is 0 Å². The Labute approximate surface area is 345 Å². The van der Waals surface area contributed by atoms with Crippen molar-refractivity contribution in [3.8, 4) is 11.1 Å². The molecule has 1 fully saturated rings. The van der Waals surface area contributed by atoms with E-state index in [2.05, 4.69) is 48.4 Å². The minimum absolute atomic E-state index is 0.00840. The van der Waals surface area contributed by atoms with E-state index in [1.165, 1.54) is 0 Å². The van der Waals surface area contributed by atoms with Crippen LogP contribution >= 0.6 is 0 Å². The minimum Gasteiger partial charge on any atom is -0.465 e. The van der Waals surface area contributed by atoms with Crippen LogP contribution in [0.1, 0.15) is 89.3 Å². The first kappa shape index (κ1) is 44.5. The summed E-state index contributed by atoms with van der Waals surface area (Å²) < 4.78 is 17.9. The molecule has 2 aliphatic rings. The molecule has 1 N–H and O–H groups in total. The van der Waals surface area contributed by atoms with Gasteiger partial charge in [-0.2, -0.15) is 0 Å². The Morgan fingerprint density at radius 2 is 1.53 bits per heavy atom. The predicted molar refractivity (Wildman–Crippen MR) is 225 cm³/mol. The standard InChI is InChI=1S/C47H64N4O7/c1-9-31(4)44(41(56-7)28-42(52)51-26-14-19-40(51)45(57-8)32(5)46(54)49-25-22-33-20-23-48-24-21-33)50(6)47(55)38(30(2)3)27-43(53)58-29-39-36-17-12-10-15-34(36)35-16-11-13-18-37(35)39/h10-13,15-18,20-21,23-24,30-32,38-41,44-45H,9,14,19,22,25-29H2,1-8H3,(H,49,54)/t31-,32+,38-,40+,41+,44-,45+/m0/s1. The Morgan fingerprint density at radius 1 is 0.897 bits per heavy atom. The van der Waals surface area contributed by atoms with Gasteiger partial charge >= 0.3 is 5.97 Å². The highest BCUT2D eigenvalue weighted by molar-refractivity contribution is 5.85. The van der Waals surface area contributed by atoms with Gasteiger partial charge in [-0.3, -0.25) is 24.2 Å². The average molecular weight is 797 g/mol. The van der Waals surface area contributed by atoms with E-state index in [-0.39, 0.29) is 61.0 Å². The second-order valence-electron chi connectivity index (χ2n) is 16.5. The lowest BCUT2D eigenvalue weighted by Gasteiger charge is -2.40. The number of rotatable bonds is 20. The van der Waals surface area contributed by atoms with Crippen molar-refractivity contribution < 1.29 is 33.4 Å². The van der Waals surface area contributed by atoms with Crippen molar-refractivity contribution in [2.45, 2.75) is 103 Å². The van der Waals surface area contributed by atoms with Crippen LogP contribution in [-0.4, -0.2) is 104 Å². The van der Waals surface area contributed by atoms with Gasteiger partial charge in [-0.1, -0.05) is 89.6 Å². The maximum atomic E-state index is 14.4. The summed E-state index contributed by atoms with van der Waals surface area (Å²) >= 11 is 0. The van der Waals surface area contributed by atoms with Crippen molar-refractivity contribution in [1.29, 1.82) is 0 Å². The van der Waals surface area contributed by atoms with E-state index >= 15 is 0 Å². The molecule has 0 radical (unpaired) electrons. The fourth-order valence-electron chi connectivity index (χ4n) is 9.07. The molecule has 1 aliphatic carbocycles. The number of hydrogen-bond donors (Lipinski definition) is 1. The SMILES string of the molecule is CC[C@H](C)[C@@H]([C@@H](CC(=O)N1CCC[C@@H]1[C@H](OC)[C@@H](C)C(=O)NCCc1ccncc1)OC)N(C)C(=O)[C@@H](CC(=O)OCC1c2ccccc2-c2ccccc21)C(C)C. The van der Waals surface area contributed by atoms with Gasteiger partial charge in [0.05, 0.1) is 49.0 Å². The number of amides is 3. The van der Waals surface area contributed by atoms with E-state index in [9.17, 15) is 19.2 Å². The number of carbonyl (C=O) groups excluding carboxylic acids is 4. The number of carbonyl (C=O) groups is 4. The van der Waals surface area contributed by atoms with Crippen LogP contribution in [0.2, 0.25) is 0 Å². The third kappa shape index (κ3) is 10.3. The van der Waals surface area contributed by atoms with E-state index in [1.54, 1.807) is 38.6 Å². The number of aromatic nitrogens is 1. The van der Waals surface area contributed by atoms with Crippen molar-refractivity contribution in [2.75, 3.05) is 41.0 Å². The largest absolute Gasteiger partial charge is 0.465 e. The Bertz CT molecular complexity index is 1790. The number of fused-ring (bicyclic) bond motifs is 3. The number of likely N-dealkylation sites (tertiary alicyclic amines) is 1. The number of hydrogen-bond acceptors (Lipinski definition) is 8. The molecule has 1 aliphatic heterocycles. The minimum atomic E-state index is -0.622. The van der Waals surface area contributed by atoms with Gasteiger partial charge in [0, 0.05) is 52.7 Å². The lowest BCUT2D eigenvalue weighted by Crippen LogP contribution is -2.54. The summed E-state index contributed by atoms with van der Waals surface area (Å²) in [5.41, 5.74) is 5.67. The zero-order chi connectivity index (χ0) is 41.9. The first-order valence-electron chi connectivity index (χ1n) is 21.0. The molecule has 11 heteroatoms. The highest BCUT2D eigenvalue weighted by atomic mass is 16.5. The molecule has 11 nitrogen and oxygen atoms in total. The lowest BCUT2D eigenvalue weighted by atomic mass is 9.86. The second-order valence-corrected chi connectivity index (χ2v) is 16.5. The first-order chi connectivity index (χ1) is 27.9. The molecule has 2 heterocycles. The fourth-order valence-corrected chi connectivity index (χ4v) is 9.07. The number of ether oxygens (including phenoxy) is 3. The van der Waals surface area contributed by atoms with Crippen LogP contribution in [0.5, 0.6) is 0 Å². The van der Waals surface area contributed by atoms with Gasteiger partial charge in [0.2, 0.25) is 17.7 Å². The van der Waals surface area contributed by atoms with Crippen LogP contribution in [0.3, 0.4) is 0 Å². The van der Waals surface area contributed by atoms with Crippen molar-refractivity contribution in [3.05, 3.63) is 89.7 Å². The number of likely N-dealkylation sites (N-methyl/N-ethyl adjacent to an activating group) is 1. The average Bonchev–Trinajstić information content (AvgIpc) is 3.85. The normalized spacial score (nSPS) is 18.1. The van der Waals surface area contributed by atoms with Crippen LogP contribution < -0.4 is 5.32 Å². The smallest absolute Gasteiger partial charge is 0.306 e. The zero-order valence-electron chi connectivity index (χ0n) is 35.7. The second kappa shape index (κ2) is 20.9. The molecule has 3 aromatic rings. The topological polar surface area (TPSA) is 127 Å². The van der Waals surface area contributed by atoms with Crippen LogP contribution in [0.4, 0.5) is 0 Å². The summed E-state index contributed by atoms with van der Waals surface area (Å²) in [5, 5.41) is 3.04. The molecule has 1 aromatic heterocycles.